The van der Waals surface area contributed by atoms with E-state index in [4.69, 9.17) is 4.42 Å². The van der Waals surface area contributed by atoms with E-state index >= 15 is 0 Å². The Hall–Kier alpha value is -1.90. The fraction of sp³-hybridized carbons (Fsp3) is 0. The molecule has 0 spiro atoms. The van der Waals surface area contributed by atoms with E-state index in [1.165, 1.54) is 18.5 Å². The van der Waals surface area contributed by atoms with Gasteiger partial charge in [-0.15, -0.1) is 0 Å². The number of rotatable bonds is 0. The third kappa shape index (κ3) is 0.923. The number of halogens is 1. The first-order valence-electron chi connectivity index (χ1n) is 4.26. The predicted molar refractivity (Wildman–Crippen MR) is 51.5 cm³/mol. The number of fused-ring (bicyclic) bond motifs is 3. The number of oxazole rings is 1. The molecule has 2 nitrogen and oxygen atoms in total. The molecule has 0 saturated heterocycles. The number of nitrogens with zero attached hydrogens (tertiary/aromatic N) is 1. The summed E-state index contributed by atoms with van der Waals surface area (Å²) in [7, 11) is 0. The molecule has 0 radical (unpaired) electrons. The Balaban J connectivity index is 2.57. The van der Waals surface area contributed by atoms with Gasteiger partial charge in [-0.05, 0) is 29.7 Å². The summed E-state index contributed by atoms with van der Waals surface area (Å²) >= 11 is 0. The van der Waals surface area contributed by atoms with Crippen LogP contribution in [0.2, 0.25) is 0 Å². The highest BCUT2D eigenvalue weighted by molar-refractivity contribution is 6.03. The quantitative estimate of drug-likeness (QED) is 0.540. The molecule has 3 heteroatoms. The van der Waals surface area contributed by atoms with Crippen LogP contribution in [0.15, 0.2) is 41.1 Å². The van der Waals surface area contributed by atoms with Crippen LogP contribution in [0.1, 0.15) is 0 Å². The Morgan fingerprint density at radius 3 is 3.00 bits per heavy atom. The lowest BCUT2D eigenvalue weighted by Crippen LogP contribution is -1.77. The molecule has 1 aromatic heterocycles. The molecule has 14 heavy (non-hydrogen) atoms. The largest absolute Gasteiger partial charge is 0.443 e. The molecule has 0 N–H and O–H groups in total. The lowest BCUT2D eigenvalue weighted by Gasteiger charge is -1.97. The Morgan fingerprint density at radius 2 is 2.07 bits per heavy atom. The summed E-state index contributed by atoms with van der Waals surface area (Å²) in [6.45, 7) is 0. The average Bonchev–Trinajstić information content (AvgIpc) is 2.65. The number of hydrogen-bond acceptors (Lipinski definition) is 2. The molecule has 3 aromatic rings. The molecule has 0 aliphatic heterocycles. The first kappa shape index (κ1) is 7.50. The Labute approximate surface area is 79.0 Å². The molecule has 0 bridgehead atoms. The Morgan fingerprint density at radius 1 is 1.14 bits per heavy atom. The molecule has 68 valence electrons. The van der Waals surface area contributed by atoms with E-state index in [0.29, 0.717) is 0 Å². The molecule has 2 aromatic carbocycles. The molecule has 3 rings (SSSR count). The second kappa shape index (κ2) is 2.54. The van der Waals surface area contributed by atoms with Crippen molar-refractivity contribution in [2.45, 2.75) is 0 Å². The lowest BCUT2D eigenvalue weighted by molar-refractivity contribution is 0.602. The van der Waals surface area contributed by atoms with Crippen LogP contribution in [0.3, 0.4) is 0 Å². The standard InChI is InChI=1S/C11H6FNO/c12-8-2-3-9-7(5-8)1-4-10-11(9)13-6-14-10/h1-6H. The fourth-order valence-corrected chi connectivity index (χ4v) is 1.63. The van der Waals surface area contributed by atoms with Crippen LogP contribution < -0.4 is 0 Å². The van der Waals surface area contributed by atoms with Gasteiger partial charge in [-0.25, -0.2) is 9.37 Å². The van der Waals surface area contributed by atoms with Crippen molar-refractivity contribution in [1.82, 2.24) is 4.98 Å². The zero-order valence-corrected chi connectivity index (χ0v) is 7.20. The smallest absolute Gasteiger partial charge is 0.182 e. The maximum atomic E-state index is 12.9. The highest BCUT2D eigenvalue weighted by atomic mass is 19.1. The zero-order chi connectivity index (χ0) is 9.54. The molecule has 0 saturated carbocycles. The third-order valence-corrected chi connectivity index (χ3v) is 2.28. The maximum absolute atomic E-state index is 12.9. The first-order valence-corrected chi connectivity index (χ1v) is 4.26. The second-order valence-corrected chi connectivity index (χ2v) is 3.13. The summed E-state index contributed by atoms with van der Waals surface area (Å²) in [5, 5.41) is 1.75. The van der Waals surface area contributed by atoms with Crippen molar-refractivity contribution in [1.29, 1.82) is 0 Å². The van der Waals surface area contributed by atoms with Gasteiger partial charge in [0.05, 0.1) is 0 Å². The molecule has 0 aliphatic rings. The third-order valence-electron chi connectivity index (χ3n) is 2.28. The maximum Gasteiger partial charge on any atom is 0.182 e. The van der Waals surface area contributed by atoms with Crippen molar-refractivity contribution in [2.75, 3.05) is 0 Å². The second-order valence-electron chi connectivity index (χ2n) is 3.13. The van der Waals surface area contributed by atoms with Crippen LogP contribution in [-0.4, -0.2) is 4.98 Å². The van der Waals surface area contributed by atoms with Gasteiger partial charge in [0.1, 0.15) is 11.3 Å². The van der Waals surface area contributed by atoms with Crippen molar-refractivity contribution in [2.24, 2.45) is 0 Å². The molecule has 1 heterocycles. The number of benzene rings is 2. The first-order chi connectivity index (χ1) is 6.84. The van der Waals surface area contributed by atoms with Crippen LogP contribution in [0.4, 0.5) is 4.39 Å². The van der Waals surface area contributed by atoms with E-state index < -0.39 is 0 Å². The van der Waals surface area contributed by atoms with Crippen molar-refractivity contribution in [3.8, 4) is 0 Å². The number of hydrogen-bond donors (Lipinski definition) is 0. The fourth-order valence-electron chi connectivity index (χ4n) is 1.63. The van der Waals surface area contributed by atoms with E-state index in [9.17, 15) is 4.39 Å². The van der Waals surface area contributed by atoms with Crippen LogP contribution >= 0.6 is 0 Å². The van der Waals surface area contributed by atoms with Gasteiger partial charge in [-0.1, -0.05) is 6.07 Å². The van der Waals surface area contributed by atoms with Crippen molar-refractivity contribution in [3.63, 3.8) is 0 Å². The minimum absolute atomic E-state index is 0.236. The van der Waals surface area contributed by atoms with Crippen molar-refractivity contribution >= 4 is 21.9 Å². The van der Waals surface area contributed by atoms with Crippen LogP contribution in [0, 0.1) is 5.82 Å². The normalized spacial score (nSPS) is 11.2. The van der Waals surface area contributed by atoms with E-state index in [2.05, 4.69) is 4.98 Å². The van der Waals surface area contributed by atoms with Gasteiger partial charge in [0.25, 0.3) is 0 Å². The molecule has 0 fully saturated rings. The van der Waals surface area contributed by atoms with Gasteiger partial charge in [0, 0.05) is 5.39 Å². The molecule has 0 unspecified atom stereocenters. The van der Waals surface area contributed by atoms with Gasteiger partial charge in [0.15, 0.2) is 12.0 Å². The van der Waals surface area contributed by atoms with E-state index in [-0.39, 0.29) is 5.82 Å². The molecule has 0 amide bonds. The van der Waals surface area contributed by atoms with Gasteiger partial charge >= 0.3 is 0 Å². The zero-order valence-electron chi connectivity index (χ0n) is 7.20. The lowest BCUT2D eigenvalue weighted by atomic mass is 10.1. The van der Waals surface area contributed by atoms with E-state index in [1.54, 1.807) is 12.1 Å². The molecule has 0 aliphatic carbocycles. The minimum Gasteiger partial charge on any atom is -0.443 e. The van der Waals surface area contributed by atoms with Gasteiger partial charge in [-0.3, -0.25) is 0 Å². The average molecular weight is 187 g/mol. The molecular formula is C11H6FNO. The van der Waals surface area contributed by atoms with Gasteiger partial charge < -0.3 is 4.42 Å². The summed E-state index contributed by atoms with van der Waals surface area (Å²) in [6, 6.07) is 8.26. The van der Waals surface area contributed by atoms with Crippen molar-refractivity contribution < 1.29 is 8.81 Å². The van der Waals surface area contributed by atoms with Crippen LogP contribution in [0.5, 0.6) is 0 Å². The van der Waals surface area contributed by atoms with E-state index in [0.717, 1.165) is 21.9 Å². The van der Waals surface area contributed by atoms with E-state index in [1.807, 2.05) is 6.07 Å². The Kier molecular flexibility index (Phi) is 1.36. The molecular weight excluding hydrogens is 181 g/mol. The summed E-state index contributed by atoms with van der Waals surface area (Å²) in [6.07, 6.45) is 1.40. The highest BCUT2D eigenvalue weighted by Crippen LogP contribution is 2.24. The Bertz CT molecular complexity index is 615. The van der Waals surface area contributed by atoms with Crippen LogP contribution in [0.25, 0.3) is 21.9 Å². The van der Waals surface area contributed by atoms with Crippen molar-refractivity contribution in [3.05, 3.63) is 42.5 Å². The van der Waals surface area contributed by atoms with Gasteiger partial charge in [0.2, 0.25) is 0 Å². The monoisotopic (exact) mass is 187 g/mol. The van der Waals surface area contributed by atoms with Crippen LogP contribution in [-0.2, 0) is 0 Å². The number of aromatic nitrogens is 1. The topological polar surface area (TPSA) is 26.0 Å². The minimum atomic E-state index is -0.236. The highest BCUT2D eigenvalue weighted by Gasteiger charge is 2.04. The summed E-state index contributed by atoms with van der Waals surface area (Å²) in [5.41, 5.74) is 1.51. The summed E-state index contributed by atoms with van der Waals surface area (Å²) in [4.78, 5) is 4.09. The predicted octanol–water partition coefficient (Wildman–Crippen LogP) is 3.12. The molecule has 0 atom stereocenters. The summed E-state index contributed by atoms with van der Waals surface area (Å²) < 4.78 is 18.1. The summed E-state index contributed by atoms with van der Waals surface area (Å²) in [5.74, 6) is -0.236. The SMILES string of the molecule is Fc1ccc2c(ccc3ocnc32)c1. The van der Waals surface area contributed by atoms with Gasteiger partial charge in [-0.2, -0.15) is 0 Å².